The minimum atomic E-state index is -0.502. The third-order valence-corrected chi connectivity index (χ3v) is 7.02. The van der Waals surface area contributed by atoms with Crippen molar-refractivity contribution in [2.24, 2.45) is 0 Å². The first-order valence-corrected chi connectivity index (χ1v) is 11.4. The number of nitrogens with one attached hydrogen (secondary N) is 2. The van der Waals surface area contributed by atoms with Crippen molar-refractivity contribution in [3.8, 4) is 11.5 Å². The predicted molar refractivity (Wildman–Crippen MR) is 121 cm³/mol. The van der Waals surface area contributed by atoms with Gasteiger partial charge >= 0.3 is 0 Å². The number of Topliss-reactive ketones (excluding diaryl/α,β-unsaturated/α-hetero) is 1. The van der Waals surface area contributed by atoms with Gasteiger partial charge in [0.05, 0.1) is 19.8 Å². The Hall–Kier alpha value is -2.74. The number of hydrogen-bond acceptors (Lipinski definition) is 7. The number of rotatable bonds is 6. The molecule has 2 atom stereocenters. The zero-order valence-corrected chi connectivity index (χ0v) is 19.0. The quantitative estimate of drug-likeness (QED) is 0.511. The van der Waals surface area contributed by atoms with Crippen LogP contribution >= 0.6 is 11.8 Å². The average molecular weight is 442 g/mol. The third-order valence-electron chi connectivity index (χ3n) is 5.86. The van der Waals surface area contributed by atoms with Crippen molar-refractivity contribution in [3.05, 3.63) is 50.9 Å². The number of ether oxygens (including phenoxy) is 2. The molecule has 1 aliphatic heterocycles. The summed E-state index contributed by atoms with van der Waals surface area (Å²) < 4.78 is 10.8. The second kappa shape index (κ2) is 8.78. The van der Waals surface area contributed by atoms with E-state index in [9.17, 15) is 9.59 Å². The Bertz CT molecular complexity index is 1110. The van der Waals surface area contributed by atoms with Crippen molar-refractivity contribution in [1.82, 2.24) is 9.97 Å². The van der Waals surface area contributed by atoms with E-state index in [0.29, 0.717) is 45.3 Å². The first-order valence-electron chi connectivity index (χ1n) is 10.5. The van der Waals surface area contributed by atoms with Crippen molar-refractivity contribution in [2.75, 3.05) is 19.5 Å². The van der Waals surface area contributed by atoms with Gasteiger partial charge in [-0.05, 0) is 37.0 Å². The Kier molecular flexibility index (Phi) is 6.09. The zero-order valence-electron chi connectivity index (χ0n) is 18.2. The van der Waals surface area contributed by atoms with Crippen LogP contribution in [-0.2, 0) is 4.79 Å². The molecule has 0 radical (unpaired) electrons. The van der Waals surface area contributed by atoms with Crippen LogP contribution in [0.3, 0.4) is 0 Å². The number of thioether (sulfide) groups is 1. The number of anilines is 1. The van der Waals surface area contributed by atoms with E-state index in [2.05, 4.69) is 24.1 Å². The van der Waals surface area contributed by atoms with E-state index < -0.39 is 5.92 Å². The summed E-state index contributed by atoms with van der Waals surface area (Å²) in [4.78, 5) is 33.9. The first kappa shape index (κ1) is 21.5. The van der Waals surface area contributed by atoms with Crippen LogP contribution in [0.5, 0.6) is 11.5 Å². The van der Waals surface area contributed by atoms with Crippen LogP contribution in [0.4, 0.5) is 5.82 Å². The maximum atomic E-state index is 13.3. The molecule has 8 heteroatoms. The summed E-state index contributed by atoms with van der Waals surface area (Å²) in [5.74, 6) is 1.24. The van der Waals surface area contributed by atoms with E-state index in [1.807, 2.05) is 12.1 Å². The Balaban J connectivity index is 1.90. The number of nitrogens with zero attached hydrogens (tertiary/aromatic N) is 1. The van der Waals surface area contributed by atoms with Crippen molar-refractivity contribution >= 4 is 23.4 Å². The van der Waals surface area contributed by atoms with Crippen molar-refractivity contribution in [2.45, 2.75) is 55.9 Å². The smallest absolute Gasteiger partial charge is 0.257 e. The van der Waals surface area contributed by atoms with Crippen LogP contribution in [0.25, 0.3) is 0 Å². The molecule has 4 rings (SSSR count). The molecule has 0 saturated heterocycles. The second-order valence-electron chi connectivity index (χ2n) is 7.81. The van der Waals surface area contributed by atoms with E-state index in [4.69, 9.17) is 14.5 Å². The Morgan fingerprint density at radius 1 is 1.19 bits per heavy atom. The number of carbonyl (C=O) groups excluding carboxylic acids is 1. The van der Waals surface area contributed by atoms with Gasteiger partial charge < -0.3 is 19.8 Å². The van der Waals surface area contributed by atoms with Gasteiger partial charge in [-0.2, -0.15) is 0 Å². The molecule has 7 nitrogen and oxygen atoms in total. The molecule has 1 aromatic carbocycles. The maximum absolute atomic E-state index is 13.3. The Morgan fingerprint density at radius 3 is 2.68 bits per heavy atom. The molecule has 0 spiro atoms. The lowest BCUT2D eigenvalue weighted by molar-refractivity contribution is -0.116. The van der Waals surface area contributed by atoms with Gasteiger partial charge in [0.1, 0.15) is 5.82 Å². The topological polar surface area (TPSA) is 93.3 Å². The zero-order chi connectivity index (χ0) is 22.1. The molecule has 2 aliphatic rings. The number of aromatic nitrogens is 2. The Labute approximate surface area is 185 Å². The number of benzene rings is 1. The molecule has 1 aromatic heterocycles. The SMILES string of the molecule is CCC(C)Sc1nc2c(c(=O)[nH]1)C(c1ccc(OC)c(OC)c1)C1=C(CCCC1=O)N2. The summed E-state index contributed by atoms with van der Waals surface area (Å²) in [5, 5.41) is 4.23. The molecule has 0 saturated carbocycles. The van der Waals surface area contributed by atoms with Gasteiger partial charge in [0.15, 0.2) is 22.4 Å². The molecule has 0 fully saturated rings. The third kappa shape index (κ3) is 3.96. The van der Waals surface area contributed by atoms with E-state index >= 15 is 0 Å². The van der Waals surface area contributed by atoms with Crippen molar-refractivity contribution in [1.29, 1.82) is 0 Å². The van der Waals surface area contributed by atoms with Gasteiger partial charge in [-0.3, -0.25) is 9.59 Å². The van der Waals surface area contributed by atoms with E-state index in [-0.39, 0.29) is 11.3 Å². The predicted octanol–water partition coefficient (Wildman–Crippen LogP) is 4.24. The van der Waals surface area contributed by atoms with Crippen LogP contribution in [-0.4, -0.2) is 35.2 Å². The first-order chi connectivity index (χ1) is 15.0. The van der Waals surface area contributed by atoms with E-state index in [0.717, 1.165) is 30.5 Å². The average Bonchev–Trinajstić information content (AvgIpc) is 2.77. The number of hydrogen-bond donors (Lipinski definition) is 2. The van der Waals surface area contributed by atoms with Crippen LogP contribution in [0.2, 0.25) is 0 Å². The van der Waals surface area contributed by atoms with Crippen molar-refractivity contribution in [3.63, 3.8) is 0 Å². The fraction of sp³-hybridized carbons (Fsp3) is 0.435. The summed E-state index contributed by atoms with van der Waals surface area (Å²) in [6, 6.07) is 5.53. The fourth-order valence-corrected chi connectivity index (χ4v) is 4.98. The van der Waals surface area contributed by atoms with E-state index in [1.54, 1.807) is 32.0 Å². The number of fused-ring (bicyclic) bond motifs is 1. The molecule has 31 heavy (non-hydrogen) atoms. The van der Waals surface area contributed by atoms with E-state index in [1.165, 1.54) is 0 Å². The lowest BCUT2D eigenvalue weighted by atomic mass is 9.76. The Morgan fingerprint density at radius 2 is 1.97 bits per heavy atom. The van der Waals surface area contributed by atoms with Gasteiger partial charge in [-0.25, -0.2) is 4.98 Å². The summed E-state index contributed by atoms with van der Waals surface area (Å²) in [6.45, 7) is 4.20. The number of ketones is 1. The number of methoxy groups -OCH3 is 2. The van der Waals surface area contributed by atoms with Crippen LogP contribution in [0.1, 0.15) is 56.6 Å². The molecular weight excluding hydrogens is 414 g/mol. The highest BCUT2D eigenvalue weighted by Crippen LogP contribution is 2.45. The number of allylic oxidation sites excluding steroid dienone is 2. The highest BCUT2D eigenvalue weighted by molar-refractivity contribution is 7.99. The summed E-state index contributed by atoms with van der Waals surface area (Å²) in [7, 11) is 3.15. The van der Waals surface area contributed by atoms with Gasteiger partial charge in [0, 0.05) is 28.9 Å². The van der Waals surface area contributed by atoms with Crippen LogP contribution in [0, 0.1) is 0 Å². The second-order valence-corrected chi connectivity index (χ2v) is 9.24. The molecule has 2 unspecified atom stereocenters. The summed E-state index contributed by atoms with van der Waals surface area (Å²) in [6.07, 6.45) is 2.99. The molecule has 1 aliphatic carbocycles. The fourth-order valence-electron chi connectivity index (χ4n) is 4.14. The van der Waals surface area contributed by atoms with Gasteiger partial charge in [0.2, 0.25) is 0 Å². The summed E-state index contributed by atoms with van der Waals surface area (Å²) >= 11 is 1.54. The molecule has 2 heterocycles. The van der Waals surface area contributed by atoms with Gasteiger partial charge in [0.25, 0.3) is 5.56 Å². The minimum absolute atomic E-state index is 0.0663. The minimum Gasteiger partial charge on any atom is -0.493 e. The molecular formula is C23H27N3O4S. The number of aromatic amines is 1. The standard InChI is InChI=1S/C23H27N3O4S/c1-5-12(2)31-23-25-21-20(22(28)26-23)18(19-14(24-21)7-6-8-15(19)27)13-9-10-16(29-3)17(11-13)30-4/h9-12,18H,5-8H2,1-4H3,(H2,24,25,26,28). The van der Waals surface area contributed by atoms with Crippen LogP contribution < -0.4 is 20.3 Å². The molecule has 164 valence electrons. The monoisotopic (exact) mass is 441 g/mol. The van der Waals surface area contributed by atoms with Crippen molar-refractivity contribution < 1.29 is 14.3 Å². The van der Waals surface area contributed by atoms with Gasteiger partial charge in [-0.15, -0.1) is 0 Å². The van der Waals surface area contributed by atoms with Crippen LogP contribution in [0.15, 0.2) is 39.4 Å². The lowest BCUT2D eigenvalue weighted by Gasteiger charge is -2.33. The molecule has 0 amide bonds. The highest BCUT2D eigenvalue weighted by atomic mass is 32.2. The number of H-pyrrole nitrogens is 1. The molecule has 2 N–H and O–H groups in total. The molecule has 0 bridgehead atoms. The highest BCUT2D eigenvalue weighted by Gasteiger charge is 2.38. The lowest BCUT2D eigenvalue weighted by Crippen LogP contribution is -2.32. The maximum Gasteiger partial charge on any atom is 0.257 e. The normalized spacial score (nSPS) is 18.7. The van der Waals surface area contributed by atoms with Gasteiger partial charge in [-0.1, -0.05) is 31.7 Å². The summed E-state index contributed by atoms with van der Waals surface area (Å²) in [5.41, 5.74) is 2.56. The number of carbonyl (C=O) groups is 1. The largest absolute Gasteiger partial charge is 0.493 e. The molecule has 2 aromatic rings.